The van der Waals surface area contributed by atoms with Crippen LogP contribution in [-0.4, -0.2) is 21.3 Å². The highest BCUT2D eigenvalue weighted by Crippen LogP contribution is 2.32. The van der Waals surface area contributed by atoms with Gasteiger partial charge in [0, 0.05) is 5.69 Å². The maximum Gasteiger partial charge on any atom is 0.309 e. The molecule has 0 aromatic carbocycles. The van der Waals surface area contributed by atoms with Crippen LogP contribution in [0.25, 0.3) is 0 Å². The van der Waals surface area contributed by atoms with E-state index < -0.39 is 5.97 Å². The zero-order valence-electron chi connectivity index (χ0n) is 9.41. The van der Waals surface area contributed by atoms with Crippen molar-refractivity contribution < 1.29 is 9.90 Å². The summed E-state index contributed by atoms with van der Waals surface area (Å²) < 4.78 is 0. The monoisotopic (exact) mass is 222 g/mol. The highest BCUT2D eigenvalue weighted by molar-refractivity contribution is 5.70. The van der Waals surface area contributed by atoms with Crippen molar-refractivity contribution in [1.82, 2.24) is 10.2 Å². The SMILES string of the molecule is O=C(O)Cc1[nH]ncc1C1CCCCCC1. The number of aromatic amines is 1. The summed E-state index contributed by atoms with van der Waals surface area (Å²) in [6.45, 7) is 0. The summed E-state index contributed by atoms with van der Waals surface area (Å²) in [6.07, 6.45) is 9.34. The van der Waals surface area contributed by atoms with Gasteiger partial charge in [0.25, 0.3) is 0 Å². The third-order valence-corrected chi connectivity index (χ3v) is 3.37. The lowest BCUT2D eigenvalue weighted by Crippen LogP contribution is -2.06. The van der Waals surface area contributed by atoms with Crippen LogP contribution in [0.5, 0.6) is 0 Å². The van der Waals surface area contributed by atoms with Crippen LogP contribution in [0, 0.1) is 0 Å². The first-order valence-corrected chi connectivity index (χ1v) is 6.01. The van der Waals surface area contributed by atoms with Crippen LogP contribution in [0.2, 0.25) is 0 Å². The fourth-order valence-electron chi connectivity index (χ4n) is 2.56. The van der Waals surface area contributed by atoms with Gasteiger partial charge in [0.1, 0.15) is 0 Å². The molecule has 1 aliphatic carbocycles. The Kier molecular flexibility index (Phi) is 3.59. The quantitative estimate of drug-likeness (QED) is 0.772. The number of H-pyrrole nitrogens is 1. The lowest BCUT2D eigenvalue weighted by Gasteiger charge is -2.13. The number of rotatable bonds is 3. The number of carbonyl (C=O) groups is 1. The maximum atomic E-state index is 10.7. The van der Waals surface area contributed by atoms with Crippen molar-refractivity contribution in [3.8, 4) is 0 Å². The Hall–Kier alpha value is -1.32. The molecular formula is C12H18N2O2. The molecule has 2 rings (SSSR count). The Morgan fingerprint density at radius 1 is 1.38 bits per heavy atom. The number of aromatic nitrogens is 2. The molecule has 88 valence electrons. The van der Waals surface area contributed by atoms with Crippen LogP contribution < -0.4 is 0 Å². The second-order valence-corrected chi connectivity index (χ2v) is 4.56. The average molecular weight is 222 g/mol. The molecule has 0 bridgehead atoms. The van der Waals surface area contributed by atoms with Gasteiger partial charge in [-0.2, -0.15) is 5.10 Å². The van der Waals surface area contributed by atoms with Crippen molar-refractivity contribution >= 4 is 5.97 Å². The summed E-state index contributed by atoms with van der Waals surface area (Å²) in [5.74, 6) is -0.283. The van der Waals surface area contributed by atoms with E-state index in [9.17, 15) is 4.79 Å². The zero-order valence-corrected chi connectivity index (χ0v) is 9.41. The summed E-state index contributed by atoms with van der Waals surface area (Å²) in [5, 5.41) is 15.6. The first-order chi connectivity index (χ1) is 7.77. The summed E-state index contributed by atoms with van der Waals surface area (Å²) in [6, 6.07) is 0. The van der Waals surface area contributed by atoms with Crippen molar-refractivity contribution in [3.05, 3.63) is 17.5 Å². The molecule has 0 radical (unpaired) electrons. The predicted octanol–water partition coefficient (Wildman–Crippen LogP) is 2.47. The Balaban J connectivity index is 2.11. The van der Waals surface area contributed by atoms with Crippen molar-refractivity contribution in [2.45, 2.75) is 50.9 Å². The van der Waals surface area contributed by atoms with E-state index in [1.54, 1.807) is 0 Å². The van der Waals surface area contributed by atoms with Crippen LogP contribution in [0.4, 0.5) is 0 Å². The molecule has 1 aromatic heterocycles. The van der Waals surface area contributed by atoms with E-state index in [4.69, 9.17) is 5.11 Å². The Morgan fingerprint density at radius 3 is 2.69 bits per heavy atom. The van der Waals surface area contributed by atoms with E-state index in [-0.39, 0.29) is 6.42 Å². The minimum Gasteiger partial charge on any atom is -0.481 e. The second kappa shape index (κ2) is 5.14. The molecule has 4 heteroatoms. The van der Waals surface area contributed by atoms with Gasteiger partial charge in [0.2, 0.25) is 0 Å². The number of nitrogens with one attached hydrogen (secondary N) is 1. The number of aliphatic carboxylic acids is 1. The number of carboxylic acid groups (broad SMARTS) is 1. The van der Waals surface area contributed by atoms with Crippen LogP contribution in [0.1, 0.15) is 55.7 Å². The summed E-state index contributed by atoms with van der Waals surface area (Å²) >= 11 is 0. The first kappa shape index (κ1) is 11.2. The van der Waals surface area contributed by atoms with Gasteiger partial charge in [-0.1, -0.05) is 25.7 Å². The molecule has 1 aliphatic rings. The van der Waals surface area contributed by atoms with Gasteiger partial charge in [-0.3, -0.25) is 9.89 Å². The van der Waals surface area contributed by atoms with Gasteiger partial charge in [-0.15, -0.1) is 0 Å². The molecule has 4 nitrogen and oxygen atoms in total. The molecule has 0 atom stereocenters. The summed E-state index contributed by atoms with van der Waals surface area (Å²) in [7, 11) is 0. The molecule has 0 amide bonds. The summed E-state index contributed by atoms with van der Waals surface area (Å²) in [5.41, 5.74) is 1.92. The summed E-state index contributed by atoms with van der Waals surface area (Å²) in [4.78, 5) is 10.7. The van der Waals surface area contributed by atoms with Gasteiger partial charge in [0.15, 0.2) is 0 Å². The molecule has 0 aliphatic heterocycles. The standard InChI is InChI=1S/C12H18N2O2/c15-12(16)7-11-10(8-13-14-11)9-5-3-1-2-4-6-9/h8-9H,1-7H2,(H,13,14)(H,15,16). The van der Waals surface area contributed by atoms with Crippen molar-refractivity contribution in [3.63, 3.8) is 0 Å². The highest BCUT2D eigenvalue weighted by atomic mass is 16.4. The molecule has 1 heterocycles. The van der Waals surface area contributed by atoms with Crippen LogP contribution in [0.3, 0.4) is 0 Å². The van der Waals surface area contributed by atoms with Crippen molar-refractivity contribution in [2.75, 3.05) is 0 Å². The van der Waals surface area contributed by atoms with Crippen LogP contribution in [0.15, 0.2) is 6.20 Å². The largest absolute Gasteiger partial charge is 0.481 e. The Bertz CT molecular complexity index is 352. The Morgan fingerprint density at radius 2 is 2.06 bits per heavy atom. The number of nitrogens with zero attached hydrogens (tertiary/aromatic N) is 1. The van der Waals surface area contributed by atoms with E-state index in [0.717, 1.165) is 11.3 Å². The van der Waals surface area contributed by atoms with Gasteiger partial charge in [-0.25, -0.2) is 0 Å². The van der Waals surface area contributed by atoms with E-state index >= 15 is 0 Å². The van der Waals surface area contributed by atoms with E-state index in [0.29, 0.717) is 5.92 Å². The lowest BCUT2D eigenvalue weighted by molar-refractivity contribution is -0.136. The van der Waals surface area contributed by atoms with Gasteiger partial charge < -0.3 is 5.11 Å². The van der Waals surface area contributed by atoms with Crippen LogP contribution >= 0.6 is 0 Å². The fourth-order valence-corrected chi connectivity index (χ4v) is 2.56. The van der Waals surface area contributed by atoms with Crippen molar-refractivity contribution in [2.24, 2.45) is 0 Å². The molecule has 0 saturated heterocycles. The molecule has 1 saturated carbocycles. The van der Waals surface area contributed by atoms with E-state index in [1.807, 2.05) is 6.20 Å². The fraction of sp³-hybridized carbons (Fsp3) is 0.667. The minimum atomic E-state index is -0.792. The molecule has 0 spiro atoms. The maximum absolute atomic E-state index is 10.7. The van der Waals surface area contributed by atoms with Gasteiger partial charge >= 0.3 is 5.97 Å². The third kappa shape index (κ3) is 2.62. The number of hydrogen-bond donors (Lipinski definition) is 2. The van der Waals surface area contributed by atoms with Crippen LogP contribution in [-0.2, 0) is 11.2 Å². The van der Waals surface area contributed by atoms with Crippen molar-refractivity contribution in [1.29, 1.82) is 0 Å². The topological polar surface area (TPSA) is 66.0 Å². The van der Waals surface area contributed by atoms with Gasteiger partial charge in [-0.05, 0) is 24.3 Å². The first-order valence-electron chi connectivity index (χ1n) is 6.01. The molecule has 1 aromatic rings. The molecule has 0 unspecified atom stereocenters. The Labute approximate surface area is 95.1 Å². The molecule has 1 fully saturated rings. The van der Waals surface area contributed by atoms with E-state index in [1.165, 1.54) is 38.5 Å². The predicted molar refractivity (Wildman–Crippen MR) is 60.4 cm³/mol. The lowest BCUT2D eigenvalue weighted by atomic mass is 9.91. The zero-order chi connectivity index (χ0) is 11.4. The number of carboxylic acids is 1. The van der Waals surface area contributed by atoms with Gasteiger partial charge in [0.05, 0.1) is 12.6 Å². The smallest absolute Gasteiger partial charge is 0.309 e. The highest BCUT2D eigenvalue weighted by Gasteiger charge is 2.19. The minimum absolute atomic E-state index is 0.0613. The molecule has 16 heavy (non-hydrogen) atoms. The van der Waals surface area contributed by atoms with E-state index in [2.05, 4.69) is 10.2 Å². The molecule has 2 N–H and O–H groups in total. The molecular weight excluding hydrogens is 204 g/mol. The normalized spacial score (nSPS) is 18.2. The third-order valence-electron chi connectivity index (χ3n) is 3.37. The number of hydrogen-bond acceptors (Lipinski definition) is 2. The average Bonchev–Trinajstić information content (AvgIpc) is 2.53. The second-order valence-electron chi connectivity index (χ2n) is 4.56.